The summed E-state index contributed by atoms with van der Waals surface area (Å²) >= 11 is 0. The Morgan fingerprint density at radius 3 is 2.00 bits per heavy atom. The number of aromatic nitrogens is 1. The molecule has 0 aliphatic carbocycles. The van der Waals surface area contributed by atoms with Crippen LogP contribution in [-0.4, -0.2) is 4.57 Å². The van der Waals surface area contributed by atoms with Crippen molar-refractivity contribution in [2.24, 2.45) is 7.05 Å². The van der Waals surface area contributed by atoms with Gasteiger partial charge in [0.15, 0.2) is 0 Å². The Morgan fingerprint density at radius 1 is 1.40 bits per heavy atom. The van der Waals surface area contributed by atoms with Gasteiger partial charge in [-0.25, -0.2) is 12.1 Å². The molecule has 1 heterocycles. The van der Waals surface area contributed by atoms with Crippen LogP contribution >= 0.6 is 0 Å². The van der Waals surface area contributed by atoms with Gasteiger partial charge in [0, 0.05) is 0 Å². The van der Waals surface area contributed by atoms with Gasteiger partial charge >= 0.3 is 32.7 Å². The smallest absolute Gasteiger partial charge is 0.451 e. The van der Waals surface area contributed by atoms with E-state index in [1.165, 1.54) is 0 Å². The fourth-order valence-corrected chi connectivity index (χ4v) is 0.364. The largest absolute Gasteiger partial charge is 3.00 e. The monoisotopic (exact) mass is 212 g/mol. The maximum atomic E-state index is 2.89. The van der Waals surface area contributed by atoms with E-state index >= 15 is 0 Å². The molecule has 1 aromatic rings. The standard InChI is InChI=1S/C5H6N.C3H7.Y/c1-6-4-2-3-5-6;1-3-2;/h2,4-5H,1H3;3H,1-2H3;/q2*-1;+3. The predicted molar refractivity (Wildman–Crippen MR) is 39.9 cm³/mol. The van der Waals surface area contributed by atoms with Crippen LogP contribution in [0.15, 0.2) is 18.5 Å². The van der Waals surface area contributed by atoms with Crippen LogP contribution in [0.5, 0.6) is 0 Å². The molecule has 1 aromatic heterocycles. The topological polar surface area (TPSA) is 4.93 Å². The number of hydrogen-bond acceptors (Lipinski definition) is 0. The normalized spacial score (nSPS) is 7.10. The van der Waals surface area contributed by atoms with Crippen LogP contribution in [0.1, 0.15) is 13.8 Å². The molecule has 0 aliphatic heterocycles. The summed E-state index contributed by atoms with van der Waals surface area (Å²) in [7, 11) is 1.97. The summed E-state index contributed by atoms with van der Waals surface area (Å²) in [4.78, 5) is 0. The number of hydrogen-bond donors (Lipinski definition) is 0. The van der Waals surface area contributed by atoms with Crippen LogP contribution in [0.4, 0.5) is 0 Å². The molecule has 0 N–H and O–H groups in total. The van der Waals surface area contributed by atoms with Gasteiger partial charge in [-0.15, -0.1) is 12.4 Å². The molecule has 52 valence electrons. The van der Waals surface area contributed by atoms with Crippen molar-refractivity contribution in [3.05, 3.63) is 30.9 Å². The third-order valence-corrected chi connectivity index (χ3v) is 0.684. The van der Waals surface area contributed by atoms with Gasteiger partial charge in [0.25, 0.3) is 0 Å². The molecule has 0 saturated carbocycles. The van der Waals surface area contributed by atoms with Crippen LogP contribution in [0.2, 0.25) is 0 Å². The molecule has 0 aliphatic rings. The molecule has 0 aromatic carbocycles. The van der Waals surface area contributed by atoms with Crippen LogP contribution in [-0.2, 0) is 39.8 Å². The van der Waals surface area contributed by atoms with Crippen molar-refractivity contribution in [2.45, 2.75) is 13.8 Å². The molecule has 0 atom stereocenters. The average Bonchev–Trinajstić information content (AvgIpc) is 2.20. The summed E-state index contributed by atoms with van der Waals surface area (Å²) in [6.45, 7) is 4.00. The summed E-state index contributed by atoms with van der Waals surface area (Å²) in [5.74, 6) is 0. The minimum Gasteiger partial charge on any atom is -0.451 e. The van der Waals surface area contributed by atoms with E-state index in [1.807, 2.05) is 50.3 Å². The maximum Gasteiger partial charge on any atom is 3.00 e. The molecule has 0 unspecified atom stereocenters. The fraction of sp³-hybridized carbons (Fsp3) is 0.375. The first-order valence-electron chi connectivity index (χ1n) is 3.03. The predicted octanol–water partition coefficient (Wildman–Crippen LogP) is 2.05. The first-order valence-corrected chi connectivity index (χ1v) is 3.03. The number of nitrogens with zero attached hydrogens (tertiary/aromatic N) is 1. The quantitative estimate of drug-likeness (QED) is 0.580. The molecule has 0 radical (unpaired) electrons. The minimum atomic E-state index is 0. The molecule has 0 bridgehead atoms. The Labute approximate surface area is 88.7 Å². The average molecular weight is 212 g/mol. The van der Waals surface area contributed by atoms with Gasteiger partial charge in [0.05, 0.1) is 0 Å². The summed E-state index contributed by atoms with van der Waals surface area (Å²) < 4.78 is 1.94. The summed E-state index contributed by atoms with van der Waals surface area (Å²) in [5, 5.41) is 0. The van der Waals surface area contributed by atoms with E-state index in [0.29, 0.717) is 0 Å². The molecular formula is C8H13NY+. The SMILES string of the molecule is C[CH-]C.Cn1c[c-]cc1.[Y+3]. The maximum absolute atomic E-state index is 2.89. The fourth-order valence-electron chi connectivity index (χ4n) is 0.364. The van der Waals surface area contributed by atoms with Gasteiger partial charge in [-0.05, 0) is 7.05 Å². The molecule has 0 saturated heterocycles. The van der Waals surface area contributed by atoms with Crippen LogP contribution < -0.4 is 0 Å². The van der Waals surface area contributed by atoms with Gasteiger partial charge in [-0.3, -0.25) is 0 Å². The van der Waals surface area contributed by atoms with Crippen LogP contribution in [0, 0.1) is 12.5 Å². The van der Waals surface area contributed by atoms with Crippen molar-refractivity contribution in [1.82, 2.24) is 4.57 Å². The van der Waals surface area contributed by atoms with Gasteiger partial charge < -0.3 is 11.0 Å². The number of aryl methyl sites for hydroxylation is 1. The second-order valence-corrected chi connectivity index (χ2v) is 1.85. The molecular weight excluding hydrogens is 199 g/mol. The van der Waals surface area contributed by atoms with Crippen LogP contribution in [0.25, 0.3) is 0 Å². The van der Waals surface area contributed by atoms with Crippen molar-refractivity contribution in [3.8, 4) is 0 Å². The third kappa shape index (κ3) is 8.38. The molecule has 2 heteroatoms. The molecule has 0 amide bonds. The summed E-state index contributed by atoms with van der Waals surface area (Å²) in [5.41, 5.74) is 0. The molecule has 0 fully saturated rings. The first-order chi connectivity index (χ1) is 4.31. The zero-order chi connectivity index (χ0) is 7.11. The molecule has 1 nitrogen and oxygen atoms in total. The third-order valence-electron chi connectivity index (χ3n) is 0.684. The second-order valence-electron chi connectivity index (χ2n) is 1.85. The van der Waals surface area contributed by atoms with E-state index < -0.39 is 0 Å². The van der Waals surface area contributed by atoms with Crippen molar-refractivity contribution in [3.63, 3.8) is 0 Å². The Balaban J connectivity index is 0. The Kier molecular flexibility index (Phi) is 12.2. The van der Waals surface area contributed by atoms with Crippen molar-refractivity contribution in [2.75, 3.05) is 0 Å². The van der Waals surface area contributed by atoms with E-state index in [4.69, 9.17) is 0 Å². The Morgan fingerprint density at radius 2 is 1.90 bits per heavy atom. The molecule has 10 heavy (non-hydrogen) atoms. The van der Waals surface area contributed by atoms with E-state index in [2.05, 4.69) is 6.07 Å². The summed E-state index contributed by atoms with van der Waals surface area (Å²) in [6.07, 6.45) is 5.82. The van der Waals surface area contributed by atoms with E-state index in [9.17, 15) is 0 Å². The van der Waals surface area contributed by atoms with Gasteiger partial charge in [-0.2, -0.15) is 13.8 Å². The van der Waals surface area contributed by atoms with Gasteiger partial charge in [0.2, 0.25) is 0 Å². The first kappa shape index (κ1) is 13.0. The van der Waals surface area contributed by atoms with E-state index in [-0.39, 0.29) is 32.7 Å². The Hall–Kier alpha value is 0.384. The molecule has 0 spiro atoms. The van der Waals surface area contributed by atoms with Crippen molar-refractivity contribution in [1.29, 1.82) is 0 Å². The zero-order valence-corrected chi connectivity index (χ0v) is 9.67. The second kappa shape index (κ2) is 9.38. The van der Waals surface area contributed by atoms with E-state index in [0.717, 1.165) is 0 Å². The van der Waals surface area contributed by atoms with Crippen molar-refractivity contribution < 1.29 is 32.7 Å². The minimum absolute atomic E-state index is 0. The van der Waals surface area contributed by atoms with E-state index in [1.54, 1.807) is 0 Å². The summed E-state index contributed by atoms with van der Waals surface area (Å²) in [6, 6.07) is 4.77. The van der Waals surface area contributed by atoms with Crippen LogP contribution in [0.3, 0.4) is 0 Å². The van der Waals surface area contributed by atoms with Gasteiger partial charge in [0.1, 0.15) is 0 Å². The Bertz CT molecular complexity index is 124. The van der Waals surface area contributed by atoms with Gasteiger partial charge in [-0.1, -0.05) is 0 Å². The number of rotatable bonds is 0. The zero-order valence-electron chi connectivity index (χ0n) is 6.83. The molecule has 1 rings (SSSR count). The van der Waals surface area contributed by atoms with Crippen molar-refractivity contribution >= 4 is 0 Å².